The summed E-state index contributed by atoms with van der Waals surface area (Å²) in [5.41, 5.74) is 0. The SMILES string of the molecule is COC(=O)C=C[C@@H]1CC[C@H](C=CC(=O)OC)O1. The minimum Gasteiger partial charge on any atom is -0.466 e. The van der Waals surface area contributed by atoms with Crippen molar-refractivity contribution in [2.24, 2.45) is 0 Å². The van der Waals surface area contributed by atoms with Gasteiger partial charge in [-0.15, -0.1) is 0 Å². The zero-order chi connectivity index (χ0) is 12.7. The molecular formula is C12H16O5. The standard InChI is InChI=1S/C12H16O5/c1-15-11(13)7-5-9-3-4-10(17-9)6-8-12(14)16-2/h5-10H,3-4H2,1-2H3/t9-,10+. The molecule has 0 aromatic heterocycles. The maximum absolute atomic E-state index is 10.9. The number of methoxy groups -OCH3 is 2. The lowest BCUT2D eigenvalue weighted by Gasteiger charge is -2.06. The van der Waals surface area contributed by atoms with Crippen LogP contribution in [-0.2, 0) is 23.8 Å². The van der Waals surface area contributed by atoms with E-state index >= 15 is 0 Å². The second kappa shape index (κ2) is 6.85. The van der Waals surface area contributed by atoms with Gasteiger partial charge in [-0.1, -0.05) is 0 Å². The summed E-state index contributed by atoms with van der Waals surface area (Å²) >= 11 is 0. The van der Waals surface area contributed by atoms with Crippen molar-refractivity contribution < 1.29 is 23.8 Å². The number of hydrogen-bond donors (Lipinski definition) is 0. The van der Waals surface area contributed by atoms with Gasteiger partial charge in [0.15, 0.2) is 0 Å². The molecule has 0 aromatic carbocycles. The van der Waals surface area contributed by atoms with E-state index < -0.39 is 11.9 Å². The molecule has 94 valence electrons. The summed E-state index contributed by atoms with van der Waals surface area (Å²) in [6, 6.07) is 0. The van der Waals surface area contributed by atoms with E-state index in [1.165, 1.54) is 26.4 Å². The molecule has 0 N–H and O–H groups in total. The molecule has 0 bridgehead atoms. The van der Waals surface area contributed by atoms with Gasteiger partial charge in [0.2, 0.25) is 0 Å². The highest BCUT2D eigenvalue weighted by atomic mass is 16.5. The monoisotopic (exact) mass is 240 g/mol. The average Bonchev–Trinajstić information content (AvgIpc) is 2.80. The third kappa shape index (κ3) is 4.82. The van der Waals surface area contributed by atoms with Gasteiger partial charge in [0, 0.05) is 12.2 Å². The maximum atomic E-state index is 10.9. The van der Waals surface area contributed by atoms with E-state index in [0.29, 0.717) is 0 Å². The second-order valence-corrected chi connectivity index (χ2v) is 3.55. The molecule has 0 amide bonds. The Balaban J connectivity index is 2.37. The molecule has 1 saturated heterocycles. The first-order valence-corrected chi connectivity index (χ1v) is 5.33. The third-order valence-electron chi connectivity index (χ3n) is 2.38. The molecule has 5 heteroatoms. The number of carbonyl (C=O) groups is 2. The predicted molar refractivity (Wildman–Crippen MR) is 60.2 cm³/mol. The Morgan fingerprint density at radius 3 is 1.76 bits per heavy atom. The first kappa shape index (κ1) is 13.4. The molecule has 1 aliphatic rings. The van der Waals surface area contributed by atoms with Gasteiger partial charge in [0.05, 0.1) is 26.4 Å². The molecule has 0 radical (unpaired) electrons. The summed E-state index contributed by atoms with van der Waals surface area (Å²) in [4.78, 5) is 21.7. The fourth-order valence-corrected chi connectivity index (χ4v) is 1.48. The summed E-state index contributed by atoms with van der Waals surface area (Å²) in [5.74, 6) is -0.802. The van der Waals surface area contributed by atoms with Gasteiger partial charge in [0.1, 0.15) is 0 Å². The molecule has 1 heterocycles. The van der Waals surface area contributed by atoms with E-state index in [0.717, 1.165) is 12.8 Å². The summed E-state index contributed by atoms with van der Waals surface area (Å²) in [6.07, 6.45) is 7.42. The Hall–Kier alpha value is -1.62. The molecule has 0 unspecified atom stereocenters. The fourth-order valence-electron chi connectivity index (χ4n) is 1.48. The maximum Gasteiger partial charge on any atom is 0.330 e. The van der Waals surface area contributed by atoms with Crippen molar-refractivity contribution in [3.05, 3.63) is 24.3 Å². The van der Waals surface area contributed by atoms with Gasteiger partial charge < -0.3 is 14.2 Å². The molecule has 1 fully saturated rings. The van der Waals surface area contributed by atoms with Crippen LogP contribution in [0.15, 0.2) is 24.3 Å². The van der Waals surface area contributed by atoms with Crippen molar-refractivity contribution in [1.82, 2.24) is 0 Å². The Morgan fingerprint density at radius 2 is 1.41 bits per heavy atom. The number of hydrogen-bond acceptors (Lipinski definition) is 5. The van der Waals surface area contributed by atoms with Crippen molar-refractivity contribution in [3.8, 4) is 0 Å². The molecule has 17 heavy (non-hydrogen) atoms. The van der Waals surface area contributed by atoms with E-state index in [2.05, 4.69) is 9.47 Å². The second-order valence-electron chi connectivity index (χ2n) is 3.55. The largest absolute Gasteiger partial charge is 0.466 e. The van der Waals surface area contributed by atoms with Crippen LogP contribution >= 0.6 is 0 Å². The number of ether oxygens (including phenoxy) is 3. The molecule has 0 saturated carbocycles. The predicted octanol–water partition coefficient (Wildman–Crippen LogP) is 0.992. The van der Waals surface area contributed by atoms with E-state index in [4.69, 9.17) is 4.74 Å². The first-order valence-electron chi connectivity index (χ1n) is 5.33. The van der Waals surface area contributed by atoms with Crippen molar-refractivity contribution in [1.29, 1.82) is 0 Å². The zero-order valence-corrected chi connectivity index (χ0v) is 9.92. The van der Waals surface area contributed by atoms with Gasteiger partial charge in [0.25, 0.3) is 0 Å². The van der Waals surface area contributed by atoms with E-state index in [-0.39, 0.29) is 12.2 Å². The van der Waals surface area contributed by atoms with E-state index in [1.807, 2.05) is 0 Å². The first-order chi connectivity index (χ1) is 8.15. The van der Waals surface area contributed by atoms with E-state index in [1.54, 1.807) is 12.2 Å². The van der Waals surface area contributed by atoms with Crippen LogP contribution in [-0.4, -0.2) is 38.4 Å². The lowest BCUT2D eigenvalue weighted by atomic mass is 10.2. The van der Waals surface area contributed by atoms with Crippen LogP contribution in [0.2, 0.25) is 0 Å². The van der Waals surface area contributed by atoms with Crippen molar-refractivity contribution >= 4 is 11.9 Å². The van der Waals surface area contributed by atoms with Crippen molar-refractivity contribution in [3.63, 3.8) is 0 Å². The summed E-state index contributed by atoms with van der Waals surface area (Å²) in [7, 11) is 2.65. The quantitative estimate of drug-likeness (QED) is 0.541. The Kier molecular flexibility index (Phi) is 5.42. The Labute approximate surface area is 100 Å². The summed E-state index contributed by atoms with van der Waals surface area (Å²) < 4.78 is 14.5. The van der Waals surface area contributed by atoms with Gasteiger partial charge in [-0.3, -0.25) is 0 Å². The highest BCUT2D eigenvalue weighted by Gasteiger charge is 2.21. The molecule has 0 spiro atoms. The zero-order valence-electron chi connectivity index (χ0n) is 9.92. The van der Waals surface area contributed by atoms with Crippen LogP contribution < -0.4 is 0 Å². The van der Waals surface area contributed by atoms with Gasteiger partial charge >= 0.3 is 11.9 Å². The van der Waals surface area contributed by atoms with Gasteiger partial charge in [-0.2, -0.15) is 0 Å². The molecule has 1 rings (SSSR count). The molecule has 5 nitrogen and oxygen atoms in total. The van der Waals surface area contributed by atoms with Crippen LogP contribution in [0.1, 0.15) is 12.8 Å². The third-order valence-corrected chi connectivity index (χ3v) is 2.38. The smallest absolute Gasteiger partial charge is 0.330 e. The molecular weight excluding hydrogens is 224 g/mol. The highest BCUT2D eigenvalue weighted by Crippen LogP contribution is 2.21. The van der Waals surface area contributed by atoms with Crippen molar-refractivity contribution in [2.45, 2.75) is 25.0 Å². The van der Waals surface area contributed by atoms with Crippen LogP contribution in [0.25, 0.3) is 0 Å². The number of rotatable bonds is 4. The van der Waals surface area contributed by atoms with Gasteiger partial charge in [-0.25, -0.2) is 9.59 Å². The van der Waals surface area contributed by atoms with Gasteiger partial charge in [-0.05, 0) is 25.0 Å². The highest BCUT2D eigenvalue weighted by molar-refractivity contribution is 5.82. The fraction of sp³-hybridized carbons (Fsp3) is 0.500. The topological polar surface area (TPSA) is 61.8 Å². The Bertz CT molecular complexity index is 300. The van der Waals surface area contributed by atoms with E-state index in [9.17, 15) is 9.59 Å². The molecule has 1 aliphatic heterocycles. The summed E-state index contributed by atoms with van der Waals surface area (Å²) in [6.45, 7) is 0. The van der Waals surface area contributed by atoms with Crippen molar-refractivity contribution in [2.75, 3.05) is 14.2 Å². The summed E-state index contributed by atoms with van der Waals surface area (Å²) in [5, 5.41) is 0. The number of carbonyl (C=O) groups excluding carboxylic acids is 2. The lowest BCUT2D eigenvalue weighted by molar-refractivity contribution is -0.135. The minimum atomic E-state index is -0.401. The molecule has 0 aromatic rings. The van der Waals surface area contributed by atoms with Crippen LogP contribution in [0, 0.1) is 0 Å². The molecule has 2 atom stereocenters. The minimum absolute atomic E-state index is 0.110. The normalized spacial score (nSPS) is 24.4. The van der Waals surface area contributed by atoms with Crippen LogP contribution in [0.3, 0.4) is 0 Å². The molecule has 0 aliphatic carbocycles. The number of esters is 2. The Morgan fingerprint density at radius 1 is 1.00 bits per heavy atom. The van der Waals surface area contributed by atoms with Crippen LogP contribution in [0.4, 0.5) is 0 Å². The van der Waals surface area contributed by atoms with Crippen LogP contribution in [0.5, 0.6) is 0 Å². The lowest BCUT2D eigenvalue weighted by Crippen LogP contribution is -2.08. The average molecular weight is 240 g/mol.